The first-order valence-corrected chi connectivity index (χ1v) is 7.23. The minimum absolute atomic E-state index is 0.0125. The zero-order valence-corrected chi connectivity index (χ0v) is 12.4. The van der Waals surface area contributed by atoms with Gasteiger partial charge in [-0.05, 0) is 38.8 Å². The van der Waals surface area contributed by atoms with Crippen molar-refractivity contribution in [3.05, 3.63) is 34.4 Å². The Hall–Kier alpha value is -1.66. The van der Waals surface area contributed by atoms with Gasteiger partial charge in [-0.3, -0.25) is 10.1 Å². The van der Waals surface area contributed by atoms with Crippen LogP contribution in [-0.4, -0.2) is 47.3 Å². The summed E-state index contributed by atoms with van der Waals surface area (Å²) >= 11 is 0. The second-order valence-electron chi connectivity index (χ2n) is 5.74. The molecule has 0 spiro atoms. The molecule has 2 atom stereocenters. The van der Waals surface area contributed by atoms with Crippen LogP contribution in [0.5, 0.6) is 5.75 Å². The molecule has 0 aromatic heterocycles. The number of rotatable bonds is 8. The third kappa shape index (κ3) is 4.68. The van der Waals surface area contributed by atoms with Gasteiger partial charge in [0.25, 0.3) is 5.69 Å². The van der Waals surface area contributed by atoms with Crippen molar-refractivity contribution < 1.29 is 14.8 Å². The molecule has 1 saturated carbocycles. The summed E-state index contributed by atoms with van der Waals surface area (Å²) in [6.45, 7) is 2.83. The third-order valence-electron chi connectivity index (χ3n) is 3.97. The molecule has 2 rings (SSSR count). The van der Waals surface area contributed by atoms with Crippen LogP contribution in [0.4, 0.5) is 5.69 Å². The van der Waals surface area contributed by atoms with E-state index in [-0.39, 0.29) is 12.3 Å². The second kappa shape index (κ2) is 6.87. The van der Waals surface area contributed by atoms with E-state index in [1.807, 2.05) is 7.05 Å². The number of likely N-dealkylation sites (N-methyl/N-ethyl adjacent to an activating group) is 1. The molecule has 6 nitrogen and oxygen atoms in total. The van der Waals surface area contributed by atoms with E-state index in [0.717, 1.165) is 5.92 Å². The molecule has 2 unspecified atom stereocenters. The Morgan fingerprint density at radius 2 is 2.24 bits per heavy atom. The smallest absolute Gasteiger partial charge is 0.273 e. The summed E-state index contributed by atoms with van der Waals surface area (Å²) in [5.74, 6) is 1.15. The van der Waals surface area contributed by atoms with Gasteiger partial charge in [-0.15, -0.1) is 0 Å². The molecule has 21 heavy (non-hydrogen) atoms. The molecule has 1 aromatic rings. The molecule has 1 aliphatic carbocycles. The maximum absolute atomic E-state index is 10.7. The molecular weight excluding hydrogens is 272 g/mol. The molecule has 0 saturated heterocycles. The van der Waals surface area contributed by atoms with Gasteiger partial charge < -0.3 is 14.7 Å². The fourth-order valence-electron chi connectivity index (χ4n) is 2.37. The van der Waals surface area contributed by atoms with Crippen molar-refractivity contribution in [2.24, 2.45) is 5.92 Å². The number of hydrogen-bond donors (Lipinski definition) is 1. The normalized spacial score (nSPS) is 17.5. The summed E-state index contributed by atoms with van der Waals surface area (Å²) in [6, 6.07) is 6.46. The Morgan fingerprint density at radius 1 is 1.52 bits per heavy atom. The zero-order chi connectivity index (χ0) is 15.4. The van der Waals surface area contributed by atoms with Crippen molar-refractivity contribution in [2.75, 3.05) is 20.2 Å². The van der Waals surface area contributed by atoms with E-state index >= 15 is 0 Å². The Morgan fingerprint density at radius 3 is 2.86 bits per heavy atom. The van der Waals surface area contributed by atoms with Gasteiger partial charge in [0.2, 0.25) is 0 Å². The Labute approximate surface area is 124 Å². The van der Waals surface area contributed by atoms with E-state index < -0.39 is 11.0 Å². The lowest BCUT2D eigenvalue weighted by molar-refractivity contribution is -0.384. The van der Waals surface area contributed by atoms with Crippen LogP contribution in [0.1, 0.15) is 19.8 Å². The van der Waals surface area contributed by atoms with Gasteiger partial charge >= 0.3 is 0 Å². The van der Waals surface area contributed by atoms with E-state index in [1.165, 1.54) is 25.0 Å². The molecule has 0 bridgehead atoms. The molecule has 0 aliphatic heterocycles. The quantitative estimate of drug-likeness (QED) is 0.586. The minimum Gasteiger partial charge on any atom is -0.491 e. The van der Waals surface area contributed by atoms with Crippen LogP contribution in [0.15, 0.2) is 24.3 Å². The van der Waals surface area contributed by atoms with E-state index in [2.05, 4.69) is 11.8 Å². The Kier molecular flexibility index (Phi) is 5.14. The third-order valence-corrected chi connectivity index (χ3v) is 3.97. The first kappa shape index (κ1) is 15.7. The van der Waals surface area contributed by atoms with Crippen LogP contribution in [0.2, 0.25) is 0 Å². The summed E-state index contributed by atoms with van der Waals surface area (Å²) in [6.07, 6.45) is 1.92. The fraction of sp³-hybridized carbons (Fsp3) is 0.600. The SMILES string of the molecule is CC(C1CC1)N(C)CC(O)COc1cccc([N+](=O)[O-])c1. The summed E-state index contributed by atoms with van der Waals surface area (Å²) in [4.78, 5) is 12.3. The summed E-state index contributed by atoms with van der Waals surface area (Å²) in [5, 5.41) is 20.7. The molecule has 1 N–H and O–H groups in total. The van der Waals surface area contributed by atoms with Crippen molar-refractivity contribution in [1.82, 2.24) is 4.90 Å². The van der Waals surface area contributed by atoms with Gasteiger partial charge in [0.1, 0.15) is 18.5 Å². The van der Waals surface area contributed by atoms with Crippen LogP contribution < -0.4 is 4.74 Å². The highest BCUT2D eigenvalue weighted by molar-refractivity contribution is 5.37. The molecule has 1 aliphatic rings. The van der Waals surface area contributed by atoms with E-state index in [0.29, 0.717) is 18.3 Å². The number of nitro benzene ring substituents is 1. The van der Waals surface area contributed by atoms with Gasteiger partial charge in [0, 0.05) is 18.7 Å². The van der Waals surface area contributed by atoms with Crippen LogP contribution >= 0.6 is 0 Å². The minimum atomic E-state index is -0.615. The second-order valence-corrected chi connectivity index (χ2v) is 5.74. The molecule has 0 amide bonds. The van der Waals surface area contributed by atoms with Crippen molar-refractivity contribution in [2.45, 2.75) is 31.9 Å². The van der Waals surface area contributed by atoms with E-state index in [1.54, 1.807) is 12.1 Å². The lowest BCUT2D eigenvalue weighted by Crippen LogP contribution is -2.39. The Bertz CT molecular complexity index is 490. The van der Waals surface area contributed by atoms with Crippen molar-refractivity contribution in [1.29, 1.82) is 0 Å². The molecule has 0 heterocycles. The number of benzene rings is 1. The van der Waals surface area contributed by atoms with Gasteiger partial charge in [0.15, 0.2) is 0 Å². The zero-order valence-electron chi connectivity index (χ0n) is 12.4. The molecule has 1 fully saturated rings. The van der Waals surface area contributed by atoms with E-state index in [9.17, 15) is 15.2 Å². The van der Waals surface area contributed by atoms with Crippen LogP contribution in [-0.2, 0) is 0 Å². The first-order valence-electron chi connectivity index (χ1n) is 7.23. The lowest BCUT2D eigenvalue weighted by atomic mass is 10.2. The van der Waals surface area contributed by atoms with E-state index in [4.69, 9.17) is 4.74 Å². The molecule has 116 valence electrons. The highest BCUT2D eigenvalue weighted by atomic mass is 16.6. The summed E-state index contributed by atoms with van der Waals surface area (Å²) in [7, 11) is 2.00. The standard InChI is InChI=1S/C15H22N2O4/c1-11(12-6-7-12)16(2)9-14(18)10-21-15-5-3-4-13(8-15)17(19)20/h3-5,8,11-12,14,18H,6-7,9-10H2,1-2H3. The molecular formula is C15H22N2O4. The number of aliphatic hydroxyl groups is 1. The van der Waals surface area contributed by atoms with Gasteiger partial charge in [-0.1, -0.05) is 6.07 Å². The number of nitro groups is 1. The highest BCUT2D eigenvalue weighted by Gasteiger charge is 2.31. The number of ether oxygens (including phenoxy) is 1. The maximum Gasteiger partial charge on any atom is 0.273 e. The maximum atomic E-state index is 10.7. The highest BCUT2D eigenvalue weighted by Crippen LogP contribution is 2.34. The first-order chi connectivity index (χ1) is 9.97. The fourth-order valence-corrected chi connectivity index (χ4v) is 2.37. The number of nitrogens with zero attached hydrogens (tertiary/aromatic N) is 2. The molecule has 6 heteroatoms. The summed E-state index contributed by atoms with van der Waals surface area (Å²) < 4.78 is 5.43. The number of non-ortho nitro benzene ring substituents is 1. The van der Waals surface area contributed by atoms with Crippen molar-refractivity contribution in [3.8, 4) is 5.75 Å². The van der Waals surface area contributed by atoms with Crippen molar-refractivity contribution >= 4 is 5.69 Å². The topological polar surface area (TPSA) is 75.8 Å². The van der Waals surface area contributed by atoms with Crippen LogP contribution in [0.25, 0.3) is 0 Å². The lowest BCUT2D eigenvalue weighted by Gasteiger charge is -2.26. The van der Waals surface area contributed by atoms with Gasteiger partial charge in [-0.25, -0.2) is 0 Å². The predicted molar refractivity (Wildman–Crippen MR) is 79.4 cm³/mol. The average Bonchev–Trinajstić information content (AvgIpc) is 3.29. The van der Waals surface area contributed by atoms with Gasteiger partial charge in [-0.2, -0.15) is 0 Å². The molecule has 1 aromatic carbocycles. The summed E-state index contributed by atoms with van der Waals surface area (Å²) in [5.41, 5.74) is -0.0125. The number of aliphatic hydroxyl groups excluding tert-OH is 1. The average molecular weight is 294 g/mol. The largest absolute Gasteiger partial charge is 0.491 e. The Balaban J connectivity index is 1.79. The monoisotopic (exact) mass is 294 g/mol. The van der Waals surface area contributed by atoms with Crippen LogP contribution in [0.3, 0.4) is 0 Å². The molecule has 0 radical (unpaired) electrons. The van der Waals surface area contributed by atoms with Crippen LogP contribution in [0, 0.1) is 16.0 Å². The van der Waals surface area contributed by atoms with Gasteiger partial charge in [0.05, 0.1) is 11.0 Å². The van der Waals surface area contributed by atoms with Crippen molar-refractivity contribution in [3.63, 3.8) is 0 Å². The predicted octanol–water partition coefficient (Wildman–Crippen LogP) is 2.06. The number of hydrogen-bond acceptors (Lipinski definition) is 5.